The van der Waals surface area contributed by atoms with Crippen LogP contribution in [0.15, 0.2) is 0 Å². The van der Waals surface area contributed by atoms with E-state index in [4.69, 9.17) is 0 Å². The Morgan fingerprint density at radius 3 is 2.71 bits per heavy atom. The van der Waals surface area contributed by atoms with Gasteiger partial charge in [-0.05, 0) is 69.8 Å². The van der Waals surface area contributed by atoms with Gasteiger partial charge in [0.1, 0.15) is 0 Å². The van der Waals surface area contributed by atoms with Crippen LogP contribution in [0.2, 0.25) is 0 Å². The minimum Gasteiger partial charge on any atom is -0.314 e. The Morgan fingerprint density at radius 2 is 2.12 bits per heavy atom. The molecule has 1 aliphatic heterocycles. The topological polar surface area (TPSA) is 15.3 Å². The summed E-state index contributed by atoms with van der Waals surface area (Å²) in [5, 5.41) is 3.70. The molecule has 1 fully saturated rings. The highest BCUT2D eigenvalue weighted by atomic mass is 32.2. The molecule has 1 aliphatic rings. The molecule has 2 unspecified atom stereocenters. The number of nitrogens with zero attached hydrogens (tertiary/aromatic N) is 1. The molecular formula is C14H30N2S. The fraction of sp³-hybridized carbons (Fsp3) is 1.00. The standard InChI is InChI=1S/C14H30N2S/c1-4-16(5-2)9-6-7-13(3)15-11-14-8-10-17-12-14/h13-15H,4-12H2,1-3H3. The summed E-state index contributed by atoms with van der Waals surface area (Å²) in [6.45, 7) is 11.7. The van der Waals surface area contributed by atoms with Crippen LogP contribution < -0.4 is 5.32 Å². The van der Waals surface area contributed by atoms with Gasteiger partial charge in [0, 0.05) is 6.04 Å². The Bertz CT molecular complexity index is 177. The summed E-state index contributed by atoms with van der Waals surface area (Å²) in [7, 11) is 0. The first-order chi connectivity index (χ1) is 8.26. The van der Waals surface area contributed by atoms with Crippen LogP contribution in [-0.2, 0) is 0 Å². The van der Waals surface area contributed by atoms with Gasteiger partial charge in [0.05, 0.1) is 0 Å². The highest BCUT2D eigenvalue weighted by Crippen LogP contribution is 2.22. The summed E-state index contributed by atoms with van der Waals surface area (Å²) in [5.74, 6) is 3.69. The quantitative estimate of drug-likeness (QED) is 0.684. The van der Waals surface area contributed by atoms with Crippen molar-refractivity contribution in [1.82, 2.24) is 10.2 Å². The van der Waals surface area contributed by atoms with Crippen LogP contribution in [0.4, 0.5) is 0 Å². The maximum atomic E-state index is 3.70. The lowest BCUT2D eigenvalue weighted by molar-refractivity contribution is 0.289. The number of thioether (sulfide) groups is 1. The van der Waals surface area contributed by atoms with Gasteiger partial charge in [0.25, 0.3) is 0 Å². The van der Waals surface area contributed by atoms with Gasteiger partial charge in [-0.25, -0.2) is 0 Å². The molecular weight excluding hydrogens is 228 g/mol. The third-order valence-electron chi connectivity index (χ3n) is 3.78. The Hall–Kier alpha value is 0.270. The van der Waals surface area contributed by atoms with Crippen molar-refractivity contribution in [3.8, 4) is 0 Å². The average Bonchev–Trinajstić information content (AvgIpc) is 2.85. The summed E-state index contributed by atoms with van der Waals surface area (Å²) >= 11 is 2.11. The van der Waals surface area contributed by atoms with Crippen molar-refractivity contribution < 1.29 is 0 Å². The summed E-state index contributed by atoms with van der Waals surface area (Å²) in [6, 6.07) is 0.691. The molecule has 1 N–H and O–H groups in total. The van der Waals surface area contributed by atoms with E-state index in [1.807, 2.05) is 0 Å². The maximum Gasteiger partial charge on any atom is 0.00393 e. The van der Waals surface area contributed by atoms with E-state index < -0.39 is 0 Å². The van der Waals surface area contributed by atoms with E-state index in [1.165, 1.54) is 56.9 Å². The molecule has 0 aliphatic carbocycles. The molecule has 102 valence electrons. The molecule has 0 aromatic carbocycles. The molecule has 0 aromatic heterocycles. The van der Waals surface area contributed by atoms with E-state index in [0.717, 1.165) is 5.92 Å². The molecule has 0 amide bonds. The second-order valence-electron chi connectivity index (χ2n) is 5.21. The van der Waals surface area contributed by atoms with Crippen LogP contribution in [0.25, 0.3) is 0 Å². The van der Waals surface area contributed by atoms with Gasteiger partial charge in [-0.2, -0.15) is 11.8 Å². The number of hydrogen-bond acceptors (Lipinski definition) is 3. The first-order valence-corrected chi connectivity index (χ1v) is 8.45. The fourth-order valence-corrected chi connectivity index (χ4v) is 3.66. The summed E-state index contributed by atoms with van der Waals surface area (Å²) < 4.78 is 0. The molecule has 1 heterocycles. The molecule has 0 saturated carbocycles. The molecule has 0 spiro atoms. The van der Waals surface area contributed by atoms with Crippen molar-refractivity contribution >= 4 is 11.8 Å². The van der Waals surface area contributed by atoms with Crippen LogP contribution in [-0.4, -0.2) is 48.6 Å². The highest BCUT2D eigenvalue weighted by molar-refractivity contribution is 7.99. The van der Waals surface area contributed by atoms with Crippen LogP contribution in [0.5, 0.6) is 0 Å². The highest BCUT2D eigenvalue weighted by Gasteiger charge is 2.15. The van der Waals surface area contributed by atoms with Gasteiger partial charge in [-0.3, -0.25) is 0 Å². The van der Waals surface area contributed by atoms with Gasteiger partial charge in [0.15, 0.2) is 0 Å². The largest absolute Gasteiger partial charge is 0.314 e. The minimum atomic E-state index is 0.691. The Balaban J connectivity index is 1.98. The van der Waals surface area contributed by atoms with Crippen molar-refractivity contribution in [1.29, 1.82) is 0 Å². The lowest BCUT2D eigenvalue weighted by atomic mass is 10.1. The predicted molar refractivity (Wildman–Crippen MR) is 79.9 cm³/mol. The zero-order valence-electron chi connectivity index (χ0n) is 11.9. The van der Waals surface area contributed by atoms with Gasteiger partial charge in [-0.1, -0.05) is 13.8 Å². The first-order valence-electron chi connectivity index (χ1n) is 7.29. The molecule has 2 nitrogen and oxygen atoms in total. The Morgan fingerprint density at radius 1 is 1.35 bits per heavy atom. The third kappa shape index (κ3) is 6.68. The molecule has 3 heteroatoms. The Kier molecular flexibility index (Phi) is 8.33. The number of rotatable bonds is 9. The number of nitrogens with one attached hydrogen (secondary N) is 1. The molecule has 1 saturated heterocycles. The number of hydrogen-bond donors (Lipinski definition) is 1. The van der Waals surface area contributed by atoms with Gasteiger partial charge in [-0.15, -0.1) is 0 Å². The molecule has 0 radical (unpaired) electrons. The first kappa shape index (κ1) is 15.3. The molecule has 1 rings (SSSR count). The second kappa shape index (κ2) is 9.23. The van der Waals surface area contributed by atoms with Crippen molar-refractivity contribution in [2.45, 2.75) is 46.1 Å². The summed E-state index contributed by atoms with van der Waals surface area (Å²) in [5.41, 5.74) is 0. The predicted octanol–water partition coefficient (Wildman–Crippen LogP) is 2.84. The Labute approximate surface area is 112 Å². The maximum absolute atomic E-state index is 3.70. The summed E-state index contributed by atoms with van der Waals surface area (Å²) in [4.78, 5) is 2.51. The van der Waals surface area contributed by atoms with E-state index in [2.05, 4.69) is 42.7 Å². The smallest absolute Gasteiger partial charge is 0.00393 e. The van der Waals surface area contributed by atoms with E-state index in [-0.39, 0.29) is 0 Å². The lowest BCUT2D eigenvalue weighted by Crippen LogP contribution is -2.32. The van der Waals surface area contributed by atoms with E-state index in [1.54, 1.807) is 0 Å². The van der Waals surface area contributed by atoms with E-state index in [9.17, 15) is 0 Å². The normalized spacial score (nSPS) is 22.2. The van der Waals surface area contributed by atoms with E-state index in [0.29, 0.717) is 6.04 Å². The fourth-order valence-electron chi connectivity index (χ4n) is 2.38. The minimum absolute atomic E-state index is 0.691. The molecule has 17 heavy (non-hydrogen) atoms. The van der Waals surface area contributed by atoms with Crippen LogP contribution in [0.1, 0.15) is 40.0 Å². The van der Waals surface area contributed by atoms with Gasteiger partial charge < -0.3 is 10.2 Å². The van der Waals surface area contributed by atoms with E-state index >= 15 is 0 Å². The summed E-state index contributed by atoms with van der Waals surface area (Å²) in [6.07, 6.45) is 4.06. The lowest BCUT2D eigenvalue weighted by Gasteiger charge is -2.20. The average molecular weight is 258 g/mol. The molecule has 0 aromatic rings. The van der Waals surface area contributed by atoms with Gasteiger partial charge >= 0.3 is 0 Å². The SMILES string of the molecule is CCN(CC)CCCC(C)NCC1CCSC1. The van der Waals surface area contributed by atoms with Crippen molar-refractivity contribution in [2.75, 3.05) is 37.7 Å². The van der Waals surface area contributed by atoms with Gasteiger partial charge in [0.2, 0.25) is 0 Å². The van der Waals surface area contributed by atoms with Crippen LogP contribution >= 0.6 is 11.8 Å². The van der Waals surface area contributed by atoms with Crippen molar-refractivity contribution in [2.24, 2.45) is 5.92 Å². The van der Waals surface area contributed by atoms with Crippen LogP contribution in [0, 0.1) is 5.92 Å². The second-order valence-corrected chi connectivity index (χ2v) is 6.36. The monoisotopic (exact) mass is 258 g/mol. The zero-order chi connectivity index (χ0) is 12.5. The van der Waals surface area contributed by atoms with Crippen molar-refractivity contribution in [3.05, 3.63) is 0 Å². The van der Waals surface area contributed by atoms with Crippen LogP contribution in [0.3, 0.4) is 0 Å². The third-order valence-corrected chi connectivity index (χ3v) is 5.02. The molecule has 2 atom stereocenters. The van der Waals surface area contributed by atoms with Crippen molar-refractivity contribution in [3.63, 3.8) is 0 Å². The molecule has 0 bridgehead atoms. The zero-order valence-corrected chi connectivity index (χ0v) is 12.7.